The number of alkyl halides is 1. The summed E-state index contributed by atoms with van der Waals surface area (Å²) in [6, 6.07) is 0. The first kappa shape index (κ1) is 12.9. The van der Waals surface area contributed by atoms with Gasteiger partial charge in [0.1, 0.15) is 0 Å². The van der Waals surface area contributed by atoms with Crippen molar-refractivity contribution in [2.75, 3.05) is 32.0 Å². The third-order valence-electron chi connectivity index (χ3n) is 4.00. The molecule has 0 spiro atoms. The Morgan fingerprint density at radius 3 is 2.41 bits per heavy atom. The third kappa shape index (κ3) is 2.49. The van der Waals surface area contributed by atoms with Crippen LogP contribution in [0.1, 0.15) is 25.7 Å². The number of hydrogen-bond acceptors (Lipinski definition) is 2. The minimum absolute atomic E-state index is 0.200. The second-order valence-corrected chi connectivity index (χ2v) is 5.85. The molecule has 2 fully saturated rings. The quantitative estimate of drug-likeness (QED) is 0.581. The van der Waals surface area contributed by atoms with Crippen LogP contribution in [0.4, 0.5) is 0 Å². The van der Waals surface area contributed by atoms with E-state index in [1.54, 1.807) is 11.9 Å². The van der Waals surface area contributed by atoms with Crippen molar-refractivity contribution in [1.29, 1.82) is 0 Å². The number of halogens is 1. The first-order chi connectivity index (χ1) is 8.08. The molecule has 1 saturated carbocycles. The topological polar surface area (TPSA) is 40.6 Å². The summed E-state index contributed by atoms with van der Waals surface area (Å²) in [5.41, 5.74) is 0.200. The molecule has 0 N–H and O–H groups in total. The maximum absolute atomic E-state index is 11.9. The van der Waals surface area contributed by atoms with Crippen LogP contribution in [0, 0.1) is 5.41 Å². The van der Waals surface area contributed by atoms with E-state index >= 15 is 0 Å². The van der Waals surface area contributed by atoms with Crippen molar-refractivity contribution in [1.82, 2.24) is 9.80 Å². The lowest BCUT2D eigenvalue weighted by Gasteiger charge is -2.37. The summed E-state index contributed by atoms with van der Waals surface area (Å²) in [5, 5.41) is 0.924. The number of hydrogen-bond donors (Lipinski definition) is 0. The molecule has 1 aliphatic carbocycles. The van der Waals surface area contributed by atoms with Crippen LogP contribution < -0.4 is 0 Å². The minimum Gasteiger partial charge on any atom is -0.336 e. The average molecular weight is 303 g/mol. The highest BCUT2D eigenvalue weighted by Gasteiger charge is 2.39. The molecule has 1 saturated heterocycles. The third-order valence-corrected chi connectivity index (χ3v) is 5.19. The Kier molecular flexibility index (Phi) is 3.76. The molecule has 1 heterocycles. The largest absolute Gasteiger partial charge is 0.336 e. The summed E-state index contributed by atoms with van der Waals surface area (Å²) < 4.78 is 0. The van der Waals surface area contributed by atoms with Crippen molar-refractivity contribution in [3.8, 4) is 0 Å². The monoisotopic (exact) mass is 302 g/mol. The Balaban J connectivity index is 2.03. The van der Waals surface area contributed by atoms with E-state index in [9.17, 15) is 9.59 Å². The predicted octanol–water partition coefficient (Wildman–Crippen LogP) is 1.24. The average Bonchev–Trinajstić information content (AvgIpc) is 2.79. The Morgan fingerprint density at radius 2 is 1.82 bits per heavy atom. The normalized spacial score (nSPS) is 24.6. The molecule has 0 aromatic rings. The summed E-state index contributed by atoms with van der Waals surface area (Å²) in [4.78, 5) is 26.8. The van der Waals surface area contributed by atoms with Gasteiger partial charge in [-0.25, -0.2) is 0 Å². The van der Waals surface area contributed by atoms with Gasteiger partial charge in [0.15, 0.2) is 0 Å². The predicted molar refractivity (Wildman–Crippen MR) is 68.9 cm³/mol. The molecule has 2 amide bonds. The minimum atomic E-state index is -0.362. The highest BCUT2D eigenvalue weighted by molar-refractivity contribution is 9.09. The molecular weight excluding hydrogens is 284 g/mol. The van der Waals surface area contributed by atoms with Gasteiger partial charge in [0.2, 0.25) is 0 Å². The number of carbonyl (C=O) groups excluding carboxylic acids is 2. The second kappa shape index (κ2) is 4.96. The molecule has 0 bridgehead atoms. The van der Waals surface area contributed by atoms with Crippen molar-refractivity contribution >= 4 is 27.7 Å². The van der Waals surface area contributed by atoms with Crippen LogP contribution in [0.5, 0.6) is 0 Å². The van der Waals surface area contributed by atoms with Gasteiger partial charge in [-0.2, -0.15) is 0 Å². The zero-order valence-electron chi connectivity index (χ0n) is 10.2. The van der Waals surface area contributed by atoms with Crippen molar-refractivity contribution in [3.05, 3.63) is 0 Å². The fourth-order valence-corrected chi connectivity index (χ4v) is 3.53. The zero-order chi connectivity index (χ0) is 12.5. The molecule has 0 atom stereocenters. The molecule has 0 unspecified atom stereocenters. The molecule has 4 nitrogen and oxygen atoms in total. The molecule has 2 rings (SSSR count). The number of amides is 2. The first-order valence-corrected chi connectivity index (χ1v) is 7.30. The van der Waals surface area contributed by atoms with Gasteiger partial charge in [0.05, 0.1) is 0 Å². The van der Waals surface area contributed by atoms with Gasteiger partial charge in [0, 0.05) is 32.0 Å². The zero-order valence-corrected chi connectivity index (χ0v) is 11.8. The van der Waals surface area contributed by atoms with E-state index in [4.69, 9.17) is 0 Å². The van der Waals surface area contributed by atoms with Crippen molar-refractivity contribution in [2.24, 2.45) is 5.41 Å². The standard InChI is InChI=1S/C12H19BrN2O2/c1-14-6-7-15(11(17)10(14)16)9-12(8-13)4-2-3-5-12/h2-9H2,1H3. The van der Waals surface area contributed by atoms with Crippen LogP contribution in [-0.2, 0) is 9.59 Å². The van der Waals surface area contributed by atoms with Gasteiger partial charge >= 0.3 is 11.8 Å². The maximum atomic E-state index is 11.9. The van der Waals surface area contributed by atoms with Crippen molar-refractivity contribution in [2.45, 2.75) is 25.7 Å². The van der Waals surface area contributed by atoms with E-state index in [0.717, 1.165) is 24.7 Å². The molecule has 5 heteroatoms. The summed E-state index contributed by atoms with van der Waals surface area (Å²) in [7, 11) is 1.69. The fraction of sp³-hybridized carbons (Fsp3) is 0.833. The lowest BCUT2D eigenvalue weighted by molar-refractivity contribution is -0.155. The molecule has 0 radical (unpaired) electrons. The van der Waals surface area contributed by atoms with Crippen molar-refractivity contribution in [3.63, 3.8) is 0 Å². The van der Waals surface area contributed by atoms with E-state index in [0.29, 0.717) is 13.1 Å². The van der Waals surface area contributed by atoms with Gasteiger partial charge in [0.25, 0.3) is 0 Å². The van der Waals surface area contributed by atoms with E-state index in [-0.39, 0.29) is 17.2 Å². The maximum Gasteiger partial charge on any atom is 0.312 e. The molecule has 0 aromatic carbocycles. The Labute approximate surface area is 110 Å². The second-order valence-electron chi connectivity index (χ2n) is 5.29. The lowest BCUT2D eigenvalue weighted by atomic mass is 9.88. The summed E-state index contributed by atoms with van der Waals surface area (Å²) in [5.74, 6) is -0.690. The SMILES string of the molecule is CN1CCN(CC2(CBr)CCCC2)C(=O)C1=O. The molecule has 1 aliphatic heterocycles. The van der Waals surface area contributed by atoms with Crippen LogP contribution >= 0.6 is 15.9 Å². The van der Waals surface area contributed by atoms with Crippen LogP contribution in [0.15, 0.2) is 0 Å². The van der Waals surface area contributed by atoms with Crippen molar-refractivity contribution < 1.29 is 9.59 Å². The smallest absolute Gasteiger partial charge is 0.312 e. The fourth-order valence-electron chi connectivity index (χ4n) is 2.79. The van der Waals surface area contributed by atoms with E-state index in [2.05, 4.69) is 15.9 Å². The van der Waals surface area contributed by atoms with Gasteiger partial charge in [-0.05, 0) is 18.3 Å². The van der Waals surface area contributed by atoms with E-state index in [1.165, 1.54) is 17.7 Å². The van der Waals surface area contributed by atoms with Gasteiger partial charge in [-0.15, -0.1) is 0 Å². The Hall–Kier alpha value is -0.580. The Bertz CT molecular complexity index is 326. The number of likely N-dealkylation sites (N-methyl/N-ethyl adjacent to an activating group) is 1. The number of nitrogens with zero attached hydrogens (tertiary/aromatic N) is 2. The lowest BCUT2D eigenvalue weighted by Crippen LogP contribution is -2.55. The summed E-state index contributed by atoms with van der Waals surface area (Å²) >= 11 is 3.57. The first-order valence-electron chi connectivity index (χ1n) is 6.18. The van der Waals surface area contributed by atoms with Crippen LogP contribution in [0.3, 0.4) is 0 Å². The molecular formula is C12H19BrN2O2. The van der Waals surface area contributed by atoms with Crippen LogP contribution in [0.25, 0.3) is 0 Å². The van der Waals surface area contributed by atoms with Gasteiger partial charge in [-0.1, -0.05) is 28.8 Å². The number of carbonyl (C=O) groups is 2. The Morgan fingerprint density at radius 1 is 1.18 bits per heavy atom. The van der Waals surface area contributed by atoms with E-state index < -0.39 is 0 Å². The number of piperazine rings is 1. The molecule has 0 aromatic heterocycles. The molecule has 17 heavy (non-hydrogen) atoms. The highest BCUT2D eigenvalue weighted by Crippen LogP contribution is 2.40. The number of rotatable bonds is 3. The molecule has 96 valence electrons. The molecule has 2 aliphatic rings. The van der Waals surface area contributed by atoms with Gasteiger partial charge < -0.3 is 9.80 Å². The van der Waals surface area contributed by atoms with Crippen LogP contribution in [0.2, 0.25) is 0 Å². The summed E-state index contributed by atoms with van der Waals surface area (Å²) in [6.07, 6.45) is 4.79. The van der Waals surface area contributed by atoms with E-state index in [1.807, 2.05) is 0 Å². The van der Waals surface area contributed by atoms with Crippen LogP contribution in [-0.4, -0.2) is 53.6 Å². The summed E-state index contributed by atoms with van der Waals surface area (Å²) in [6.45, 7) is 2.06. The van der Waals surface area contributed by atoms with Gasteiger partial charge in [-0.3, -0.25) is 9.59 Å². The highest BCUT2D eigenvalue weighted by atomic mass is 79.9.